The van der Waals surface area contributed by atoms with Crippen LogP contribution in [0.1, 0.15) is 35.4 Å². The Labute approximate surface area is 139 Å². The van der Waals surface area contributed by atoms with Gasteiger partial charge in [-0.05, 0) is 29.0 Å². The zero-order chi connectivity index (χ0) is 16.4. The Morgan fingerprint density at radius 3 is 2.74 bits per heavy atom. The van der Waals surface area contributed by atoms with Gasteiger partial charge in [0.2, 0.25) is 5.91 Å². The number of rotatable bonds is 4. The van der Waals surface area contributed by atoms with Gasteiger partial charge in [0.15, 0.2) is 0 Å². The molecule has 1 aromatic carbocycles. The standard InChI is InChI=1S/C18H19NO3S/c1-12(18(21)22)11-16(20)19-9-7-15-14(8-10-23-15)17(19)13-5-3-2-4-6-13/h2-6,8,10,12,17H,7,9,11H2,1H3,(H,21,22). The summed E-state index contributed by atoms with van der Waals surface area (Å²) in [6.07, 6.45) is 0.877. The lowest BCUT2D eigenvalue weighted by molar-refractivity contribution is -0.145. The van der Waals surface area contributed by atoms with E-state index in [0.717, 1.165) is 12.0 Å². The summed E-state index contributed by atoms with van der Waals surface area (Å²) in [4.78, 5) is 26.9. The second kappa shape index (κ2) is 6.54. The molecule has 23 heavy (non-hydrogen) atoms. The van der Waals surface area contributed by atoms with E-state index in [1.807, 2.05) is 35.2 Å². The molecule has 0 aliphatic carbocycles. The molecular formula is C18H19NO3S. The Hall–Kier alpha value is -2.14. The van der Waals surface area contributed by atoms with Gasteiger partial charge in [-0.15, -0.1) is 11.3 Å². The highest BCUT2D eigenvalue weighted by molar-refractivity contribution is 7.10. The average molecular weight is 329 g/mol. The van der Waals surface area contributed by atoms with Crippen LogP contribution in [0.2, 0.25) is 0 Å². The van der Waals surface area contributed by atoms with Gasteiger partial charge >= 0.3 is 5.97 Å². The fourth-order valence-electron chi connectivity index (χ4n) is 3.05. The molecule has 0 bridgehead atoms. The van der Waals surface area contributed by atoms with Gasteiger partial charge in [0.25, 0.3) is 0 Å². The molecule has 2 heterocycles. The highest BCUT2D eigenvalue weighted by Crippen LogP contribution is 2.38. The molecule has 2 atom stereocenters. The third-order valence-electron chi connectivity index (χ3n) is 4.30. The Kier molecular flexibility index (Phi) is 4.48. The van der Waals surface area contributed by atoms with Gasteiger partial charge in [-0.3, -0.25) is 9.59 Å². The first kappa shape index (κ1) is 15.7. The first-order valence-corrected chi connectivity index (χ1v) is 8.59. The predicted molar refractivity (Wildman–Crippen MR) is 89.4 cm³/mol. The summed E-state index contributed by atoms with van der Waals surface area (Å²) in [6, 6.07) is 11.9. The van der Waals surface area contributed by atoms with E-state index in [4.69, 9.17) is 5.11 Å². The van der Waals surface area contributed by atoms with Gasteiger partial charge < -0.3 is 10.0 Å². The highest BCUT2D eigenvalue weighted by atomic mass is 32.1. The third kappa shape index (κ3) is 3.15. The van der Waals surface area contributed by atoms with Crippen molar-refractivity contribution >= 4 is 23.2 Å². The molecule has 2 aromatic rings. The van der Waals surface area contributed by atoms with Crippen molar-refractivity contribution in [2.45, 2.75) is 25.8 Å². The van der Waals surface area contributed by atoms with E-state index in [9.17, 15) is 9.59 Å². The van der Waals surface area contributed by atoms with Crippen molar-refractivity contribution in [1.82, 2.24) is 4.90 Å². The van der Waals surface area contributed by atoms with Crippen LogP contribution in [0.25, 0.3) is 0 Å². The van der Waals surface area contributed by atoms with Gasteiger partial charge in [-0.25, -0.2) is 0 Å². The summed E-state index contributed by atoms with van der Waals surface area (Å²) in [5, 5.41) is 11.1. The summed E-state index contributed by atoms with van der Waals surface area (Å²) >= 11 is 1.72. The second-order valence-corrected chi connectivity index (χ2v) is 6.89. The Balaban J connectivity index is 1.93. The lowest BCUT2D eigenvalue weighted by atomic mass is 9.92. The van der Waals surface area contributed by atoms with Crippen molar-refractivity contribution in [2.75, 3.05) is 6.54 Å². The number of fused-ring (bicyclic) bond motifs is 1. The number of nitrogens with zero attached hydrogens (tertiary/aromatic N) is 1. The Bertz CT molecular complexity index is 710. The number of thiophene rings is 1. The number of amides is 1. The molecule has 0 fully saturated rings. The van der Waals surface area contributed by atoms with Gasteiger partial charge in [0, 0.05) is 17.8 Å². The number of benzene rings is 1. The molecular weight excluding hydrogens is 310 g/mol. The summed E-state index contributed by atoms with van der Waals surface area (Å²) in [7, 11) is 0. The molecule has 1 aliphatic heterocycles. The molecule has 1 aliphatic rings. The molecule has 0 saturated carbocycles. The molecule has 0 saturated heterocycles. The first-order valence-electron chi connectivity index (χ1n) is 7.71. The second-order valence-electron chi connectivity index (χ2n) is 5.89. The van der Waals surface area contributed by atoms with E-state index in [-0.39, 0.29) is 18.4 Å². The zero-order valence-electron chi connectivity index (χ0n) is 12.9. The van der Waals surface area contributed by atoms with Crippen molar-refractivity contribution in [3.05, 3.63) is 57.8 Å². The van der Waals surface area contributed by atoms with E-state index >= 15 is 0 Å². The van der Waals surface area contributed by atoms with Gasteiger partial charge in [-0.1, -0.05) is 37.3 Å². The maximum atomic E-state index is 12.7. The molecule has 3 rings (SSSR count). The van der Waals surface area contributed by atoms with Crippen LogP contribution in [0.4, 0.5) is 0 Å². The third-order valence-corrected chi connectivity index (χ3v) is 5.30. The summed E-state index contributed by atoms with van der Waals surface area (Å²) < 4.78 is 0. The fourth-order valence-corrected chi connectivity index (χ4v) is 3.95. The Morgan fingerprint density at radius 1 is 1.30 bits per heavy atom. The van der Waals surface area contributed by atoms with Crippen LogP contribution in [0.3, 0.4) is 0 Å². The minimum atomic E-state index is -0.928. The number of carbonyl (C=O) groups is 2. The maximum absolute atomic E-state index is 12.7. The van der Waals surface area contributed by atoms with Gasteiger partial charge in [-0.2, -0.15) is 0 Å². The van der Waals surface area contributed by atoms with Crippen molar-refractivity contribution < 1.29 is 14.7 Å². The topological polar surface area (TPSA) is 57.6 Å². The number of hydrogen-bond donors (Lipinski definition) is 1. The van der Waals surface area contributed by atoms with Crippen molar-refractivity contribution in [2.24, 2.45) is 5.92 Å². The molecule has 2 unspecified atom stereocenters. The van der Waals surface area contributed by atoms with Crippen LogP contribution in [0.15, 0.2) is 41.8 Å². The van der Waals surface area contributed by atoms with Crippen LogP contribution in [-0.4, -0.2) is 28.4 Å². The smallest absolute Gasteiger partial charge is 0.306 e. The van der Waals surface area contributed by atoms with Crippen LogP contribution in [0, 0.1) is 5.92 Å². The molecule has 0 spiro atoms. The minimum Gasteiger partial charge on any atom is -0.481 e. The fraction of sp³-hybridized carbons (Fsp3) is 0.333. The highest BCUT2D eigenvalue weighted by Gasteiger charge is 2.33. The monoisotopic (exact) mass is 329 g/mol. The molecule has 4 nitrogen and oxygen atoms in total. The van der Waals surface area contributed by atoms with Gasteiger partial charge in [0.05, 0.1) is 12.0 Å². The quantitative estimate of drug-likeness (QED) is 0.936. The minimum absolute atomic E-state index is 0.0398. The van der Waals surface area contributed by atoms with E-state index in [1.165, 1.54) is 10.4 Å². The number of hydrogen-bond acceptors (Lipinski definition) is 3. The molecule has 5 heteroatoms. The van der Waals surface area contributed by atoms with E-state index < -0.39 is 11.9 Å². The number of aliphatic carboxylic acids is 1. The van der Waals surface area contributed by atoms with Crippen molar-refractivity contribution in [3.63, 3.8) is 0 Å². The molecule has 0 radical (unpaired) electrons. The van der Waals surface area contributed by atoms with Crippen LogP contribution in [-0.2, 0) is 16.0 Å². The summed E-state index contributed by atoms with van der Waals surface area (Å²) in [5.41, 5.74) is 2.24. The van der Waals surface area contributed by atoms with Crippen LogP contribution < -0.4 is 0 Å². The molecule has 1 aromatic heterocycles. The molecule has 1 N–H and O–H groups in total. The number of carbonyl (C=O) groups excluding carboxylic acids is 1. The van der Waals surface area contributed by atoms with Crippen LogP contribution >= 0.6 is 11.3 Å². The van der Waals surface area contributed by atoms with Crippen molar-refractivity contribution in [3.8, 4) is 0 Å². The van der Waals surface area contributed by atoms with E-state index in [0.29, 0.717) is 6.54 Å². The van der Waals surface area contributed by atoms with Gasteiger partial charge in [0.1, 0.15) is 0 Å². The Morgan fingerprint density at radius 2 is 2.04 bits per heavy atom. The van der Waals surface area contributed by atoms with E-state index in [1.54, 1.807) is 18.3 Å². The first-order chi connectivity index (χ1) is 11.1. The van der Waals surface area contributed by atoms with Crippen molar-refractivity contribution in [1.29, 1.82) is 0 Å². The lowest BCUT2D eigenvalue weighted by Gasteiger charge is -2.36. The summed E-state index contributed by atoms with van der Waals surface area (Å²) in [6.45, 7) is 2.22. The number of carboxylic acid groups (broad SMARTS) is 1. The SMILES string of the molecule is CC(CC(=O)N1CCc2sccc2C1c1ccccc1)C(=O)O. The normalized spacial score (nSPS) is 18.3. The lowest BCUT2D eigenvalue weighted by Crippen LogP contribution is -2.41. The predicted octanol–water partition coefficient (Wildman–Crippen LogP) is 3.33. The summed E-state index contributed by atoms with van der Waals surface area (Å²) in [5.74, 6) is -1.68. The van der Waals surface area contributed by atoms with Crippen LogP contribution in [0.5, 0.6) is 0 Å². The maximum Gasteiger partial charge on any atom is 0.306 e. The zero-order valence-corrected chi connectivity index (χ0v) is 13.8. The molecule has 120 valence electrons. The number of carboxylic acids is 1. The van der Waals surface area contributed by atoms with E-state index in [2.05, 4.69) is 11.4 Å². The average Bonchev–Trinajstić information content (AvgIpc) is 3.03. The largest absolute Gasteiger partial charge is 0.481 e. The molecule has 1 amide bonds.